The number of benzene rings is 2. The summed E-state index contributed by atoms with van der Waals surface area (Å²) in [5, 5.41) is 28.7. The van der Waals surface area contributed by atoms with Crippen molar-refractivity contribution < 1.29 is 24.6 Å². The van der Waals surface area contributed by atoms with Gasteiger partial charge in [-0.2, -0.15) is 0 Å². The van der Waals surface area contributed by atoms with Crippen LogP contribution in [0, 0.1) is 11.8 Å². The molecule has 1 spiro atoms. The summed E-state index contributed by atoms with van der Waals surface area (Å²) in [6.07, 6.45) is 16.7. The van der Waals surface area contributed by atoms with Gasteiger partial charge in [0.25, 0.3) is 11.8 Å². The molecule has 0 radical (unpaired) electrons. The van der Waals surface area contributed by atoms with Crippen LogP contribution in [-0.4, -0.2) is 38.8 Å². The van der Waals surface area contributed by atoms with Gasteiger partial charge in [0.05, 0.1) is 5.56 Å². The van der Waals surface area contributed by atoms with Crippen molar-refractivity contribution in [2.24, 2.45) is 11.8 Å². The van der Waals surface area contributed by atoms with Crippen LogP contribution in [0.4, 0.5) is 0 Å². The Bertz CT molecular complexity index is 2060. The molecule has 0 bridgehead atoms. The topological polar surface area (TPSA) is 132 Å². The maximum atomic E-state index is 14.2. The Labute approximate surface area is 300 Å². The average molecular weight is 688 g/mol. The van der Waals surface area contributed by atoms with Gasteiger partial charge in [-0.05, 0) is 76.6 Å². The van der Waals surface area contributed by atoms with Gasteiger partial charge in [0.1, 0.15) is 22.7 Å². The Morgan fingerprint density at radius 1 is 1.00 bits per heavy atom. The summed E-state index contributed by atoms with van der Waals surface area (Å²) in [7, 11) is 0. The average Bonchev–Trinajstić information content (AvgIpc) is 3.44. The molecule has 5 rings (SSSR count). The summed E-state index contributed by atoms with van der Waals surface area (Å²) >= 11 is 0. The van der Waals surface area contributed by atoms with Crippen molar-refractivity contribution in [1.82, 2.24) is 15.6 Å². The first-order valence-corrected chi connectivity index (χ1v) is 17.4. The third-order valence-electron chi connectivity index (χ3n) is 9.94. The van der Waals surface area contributed by atoms with Gasteiger partial charge in [-0.1, -0.05) is 86.6 Å². The van der Waals surface area contributed by atoms with Crippen molar-refractivity contribution >= 4 is 41.2 Å². The standard InChI is InChI=1S/C43H49N3O5/c1-9-42(7,8)39-33(31-18-14-28(13-10-25(2)3)20-35(31)44-39)22-36-40(50)46-43(41(51)45-36)23-27(6)12-16-30(43)17-19-32-34(24-47)38(49)29(21-37(32)48)15-11-26(4)5/h9-12,14,16-22,24,27,30,44,48-49H,1,13,15,23H2,2-8H3,(H,45,51)(H,46,50)/b19-17+,36-22-/t27-,30-,43-/m0/s1. The molecule has 1 aliphatic carbocycles. The number of phenolic OH excluding ortho intramolecular Hbond substituents is 2. The number of hydrogen-bond acceptors (Lipinski definition) is 5. The number of phenols is 2. The smallest absolute Gasteiger partial charge is 0.268 e. The largest absolute Gasteiger partial charge is 0.507 e. The van der Waals surface area contributed by atoms with Gasteiger partial charge < -0.3 is 25.8 Å². The van der Waals surface area contributed by atoms with Crippen molar-refractivity contribution in [1.29, 1.82) is 0 Å². The van der Waals surface area contributed by atoms with Gasteiger partial charge in [-0.25, -0.2) is 0 Å². The molecule has 1 aromatic heterocycles. The number of carbonyl (C=O) groups excluding carboxylic acids is 3. The number of allylic oxidation sites excluding steroid dienone is 6. The van der Waals surface area contributed by atoms with E-state index in [0.717, 1.165) is 39.7 Å². The Balaban J connectivity index is 1.52. The molecule has 1 aliphatic heterocycles. The maximum Gasteiger partial charge on any atom is 0.268 e. The second-order valence-electron chi connectivity index (χ2n) is 14.9. The molecule has 2 aliphatic rings. The van der Waals surface area contributed by atoms with Crippen LogP contribution in [0.5, 0.6) is 11.5 Å². The lowest BCUT2D eigenvalue weighted by Crippen LogP contribution is -2.68. The highest BCUT2D eigenvalue weighted by molar-refractivity contribution is 6.11. The Morgan fingerprint density at radius 3 is 2.37 bits per heavy atom. The van der Waals surface area contributed by atoms with Crippen molar-refractivity contribution in [2.45, 2.75) is 78.7 Å². The van der Waals surface area contributed by atoms with Crippen LogP contribution >= 0.6 is 0 Å². The van der Waals surface area contributed by atoms with Crippen LogP contribution in [0.2, 0.25) is 0 Å². The fourth-order valence-corrected chi connectivity index (χ4v) is 6.84. The first kappa shape index (κ1) is 36.9. The number of piperazine rings is 1. The number of hydrogen-bond donors (Lipinski definition) is 5. The van der Waals surface area contributed by atoms with E-state index in [4.69, 9.17) is 0 Å². The first-order chi connectivity index (χ1) is 24.1. The predicted octanol–water partition coefficient (Wildman–Crippen LogP) is 8.12. The van der Waals surface area contributed by atoms with E-state index in [-0.39, 0.29) is 40.1 Å². The van der Waals surface area contributed by atoms with Gasteiger partial charge in [0, 0.05) is 44.6 Å². The van der Waals surface area contributed by atoms with Crippen LogP contribution in [0.1, 0.15) is 93.2 Å². The number of aromatic nitrogens is 1. The van der Waals surface area contributed by atoms with Gasteiger partial charge in [0.2, 0.25) is 0 Å². The third kappa shape index (κ3) is 7.41. The minimum Gasteiger partial charge on any atom is -0.507 e. The minimum atomic E-state index is -1.33. The van der Waals surface area contributed by atoms with E-state index < -0.39 is 22.8 Å². The number of H-pyrrole nitrogens is 1. The molecule has 2 aromatic carbocycles. The number of fused-ring (bicyclic) bond motifs is 1. The van der Waals surface area contributed by atoms with Gasteiger partial charge in [-0.15, -0.1) is 6.58 Å². The van der Waals surface area contributed by atoms with Crippen LogP contribution in [0.25, 0.3) is 23.1 Å². The van der Waals surface area contributed by atoms with Crippen LogP contribution in [0.3, 0.4) is 0 Å². The molecule has 1 saturated heterocycles. The summed E-state index contributed by atoms with van der Waals surface area (Å²) in [6.45, 7) is 18.1. The second kappa shape index (κ2) is 14.5. The SMILES string of the molecule is C=CC(C)(C)c1[nH]c2cc(CC=C(C)C)ccc2c1/C=C1\NC(=O)[C@@]2(C[C@@H](C)C=C[C@H]2/C=C/c2c(O)cc(CC=C(C)C)c(O)c2C=O)NC1=O. The molecule has 0 saturated carbocycles. The molecule has 266 valence electrons. The molecule has 8 heteroatoms. The number of aromatic hydroxyl groups is 2. The molecule has 2 heterocycles. The zero-order valence-corrected chi connectivity index (χ0v) is 30.6. The number of rotatable bonds is 10. The molecule has 0 unspecified atom stereocenters. The predicted molar refractivity (Wildman–Crippen MR) is 205 cm³/mol. The van der Waals surface area contributed by atoms with E-state index in [1.807, 2.05) is 65.0 Å². The van der Waals surface area contributed by atoms with Crippen LogP contribution in [-0.2, 0) is 27.8 Å². The summed E-state index contributed by atoms with van der Waals surface area (Å²) in [5.41, 5.74) is 4.87. The molecule has 1 fully saturated rings. The highest BCUT2D eigenvalue weighted by Gasteiger charge is 2.51. The van der Waals surface area contributed by atoms with Crippen LogP contribution in [0.15, 0.2) is 84.1 Å². The van der Waals surface area contributed by atoms with Crippen molar-refractivity contribution in [3.05, 3.63) is 118 Å². The summed E-state index contributed by atoms with van der Waals surface area (Å²) in [6, 6.07) is 7.68. The minimum absolute atomic E-state index is 0.0160. The Hall–Kier alpha value is -5.37. The third-order valence-corrected chi connectivity index (χ3v) is 9.94. The number of nitrogens with one attached hydrogen (secondary N) is 3. The van der Waals surface area contributed by atoms with Gasteiger partial charge >= 0.3 is 0 Å². The Morgan fingerprint density at radius 2 is 1.71 bits per heavy atom. The fourth-order valence-electron chi connectivity index (χ4n) is 6.84. The normalized spacial score (nSPS) is 21.2. The molecule has 3 aromatic rings. The lowest BCUT2D eigenvalue weighted by atomic mass is 9.71. The first-order valence-electron chi connectivity index (χ1n) is 17.4. The fraction of sp³-hybridized carbons (Fsp3) is 0.326. The molecule has 3 atom stereocenters. The van der Waals surface area contributed by atoms with Crippen LogP contribution < -0.4 is 10.6 Å². The molecule has 8 nitrogen and oxygen atoms in total. The number of aldehydes is 1. The number of carbonyl (C=O) groups is 3. The molecule has 51 heavy (non-hydrogen) atoms. The van der Waals surface area contributed by atoms with E-state index in [2.05, 4.69) is 54.3 Å². The highest BCUT2D eigenvalue weighted by Crippen LogP contribution is 2.40. The lowest BCUT2D eigenvalue weighted by molar-refractivity contribution is -0.138. The maximum absolute atomic E-state index is 14.2. The summed E-state index contributed by atoms with van der Waals surface area (Å²) in [5.74, 6) is -1.81. The lowest BCUT2D eigenvalue weighted by Gasteiger charge is -2.44. The second-order valence-corrected chi connectivity index (χ2v) is 14.9. The van der Waals surface area contributed by atoms with Crippen molar-refractivity contribution in [2.75, 3.05) is 0 Å². The van der Waals surface area contributed by atoms with Crippen molar-refractivity contribution in [3.8, 4) is 11.5 Å². The summed E-state index contributed by atoms with van der Waals surface area (Å²) < 4.78 is 0. The van der Waals surface area contributed by atoms with E-state index in [0.29, 0.717) is 24.7 Å². The van der Waals surface area contributed by atoms with E-state index in [9.17, 15) is 24.6 Å². The summed E-state index contributed by atoms with van der Waals surface area (Å²) in [4.78, 5) is 43.9. The highest BCUT2D eigenvalue weighted by atomic mass is 16.3. The molecule has 5 N–H and O–H groups in total. The molecular weight excluding hydrogens is 638 g/mol. The van der Waals surface area contributed by atoms with Gasteiger partial charge in [-0.3, -0.25) is 14.4 Å². The monoisotopic (exact) mass is 687 g/mol. The zero-order chi connectivity index (χ0) is 37.2. The van der Waals surface area contributed by atoms with E-state index >= 15 is 0 Å². The zero-order valence-electron chi connectivity index (χ0n) is 30.6. The molecular formula is C43H49N3O5. The molecule has 2 amide bonds. The van der Waals surface area contributed by atoms with Gasteiger partial charge in [0.15, 0.2) is 6.29 Å². The quantitative estimate of drug-likeness (QED) is 0.0636. The van der Waals surface area contributed by atoms with E-state index in [1.54, 1.807) is 12.2 Å². The number of amides is 2. The van der Waals surface area contributed by atoms with E-state index in [1.165, 1.54) is 17.7 Å². The number of aromatic amines is 1. The Kier molecular flexibility index (Phi) is 10.5. The van der Waals surface area contributed by atoms with Crippen molar-refractivity contribution in [3.63, 3.8) is 0 Å².